The van der Waals surface area contributed by atoms with Crippen LogP contribution < -0.4 is 10.6 Å². The number of hydrazine groups is 1. The molecule has 11 heteroatoms. The minimum absolute atomic E-state index is 0.0273. The zero-order valence-electron chi connectivity index (χ0n) is 13.7. The summed E-state index contributed by atoms with van der Waals surface area (Å²) in [6.45, 7) is 2.31. The van der Waals surface area contributed by atoms with E-state index in [1.165, 1.54) is 28.5 Å². The van der Waals surface area contributed by atoms with Gasteiger partial charge in [-0.2, -0.15) is 9.42 Å². The Morgan fingerprint density at radius 2 is 2.26 bits per heavy atom. The van der Waals surface area contributed by atoms with Crippen LogP contribution in [0.2, 0.25) is 0 Å². The topological polar surface area (TPSA) is 97.3 Å². The average Bonchev–Trinajstić information content (AvgIpc) is 3.05. The van der Waals surface area contributed by atoms with Gasteiger partial charge in [-0.15, -0.1) is 5.10 Å². The predicted octanol–water partition coefficient (Wildman–Crippen LogP) is -0.289. The van der Waals surface area contributed by atoms with Crippen molar-refractivity contribution >= 4 is 32.2 Å². The number of rotatable bonds is 4. The van der Waals surface area contributed by atoms with E-state index in [2.05, 4.69) is 15.7 Å². The number of hydrogen-bond acceptors (Lipinski definition) is 7. The summed E-state index contributed by atoms with van der Waals surface area (Å²) in [7, 11) is 1.01. The van der Waals surface area contributed by atoms with Crippen LogP contribution in [-0.2, 0) is 10.0 Å². The number of hydrazone groups is 1. The Morgan fingerprint density at radius 3 is 2.87 bits per heavy atom. The third kappa shape index (κ3) is 4.28. The summed E-state index contributed by atoms with van der Waals surface area (Å²) >= 11 is 1.11. The lowest BCUT2D eigenvalue weighted by Crippen LogP contribution is -2.44. The molecule has 0 aromatic heterocycles. The first kappa shape index (κ1) is 18.3. The van der Waals surface area contributed by atoms with E-state index in [4.69, 9.17) is 0 Å². The quantitative estimate of drug-likeness (QED) is 0.712. The summed E-state index contributed by atoms with van der Waals surface area (Å²) in [5.41, 5.74) is 0. The molecular formula is C12H24N6O3S2. The molecule has 2 heterocycles. The highest BCUT2D eigenvalue weighted by Crippen LogP contribution is 2.24. The Morgan fingerprint density at radius 1 is 1.52 bits per heavy atom. The zero-order chi connectivity index (χ0) is 17.0. The van der Waals surface area contributed by atoms with Gasteiger partial charge in [0.1, 0.15) is 5.88 Å². The first-order valence-corrected chi connectivity index (χ1v) is 9.90. The number of thioether (sulfide) groups is 1. The van der Waals surface area contributed by atoms with E-state index in [1.54, 1.807) is 7.05 Å². The largest absolute Gasteiger partial charge is 0.340 e. The molecule has 1 saturated heterocycles. The van der Waals surface area contributed by atoms with Crippen LogP contribution >= 0.6 is 11.8 Å². The molecule has 9 nitrogen and oxygen atoms in total. The molecule has 2 amide bonds. The fourth-order valence-corrected chi connectivity index (χ4v) is 5.10. The van der Waals surface area contributed by atoms with Crippen molar-refractivity contribution in [3.05, 3.63) is 0 Å². The van der Waals surface area contributed by atoms with Crippen LogP contribution in [0.1, 0.15) is 12.8 Å². The van der Waals surface area contributed by atoms with Gasteiger partial charge in [-0.25, -0.2) is 18.2 Å². The molecule has 0 aliphatic carbocycles. The second kappa shape index (κ2) is 7.69. The van der Waals surface area contributed by atoms with Gasteiger partial charge in [0.25, 0.3) is 10.0 Å². The Balaban J connectivity index is 2.02. The summed E-state index contributed by atoms with van der Waals surface area (Å²) in [5, 5.41) is 12.4. The number of amides is 2. The fraction of sp³-hybridized carbons (Fsp3) is 0.833. The molecule has 0 aromatic carbocycles. The fourth-order valence-electron chi connectivity index (χ4n) is 2.49. The maximum atomic E-state index is 12.6. The van der Waals surface area contributed by atoms with Crippen LogP contribution in [-0.4, -0.2) is 79.9 Å². The highest BCUT2D eigenvalue weighted by atomic mass is 32.3. The van der Waals surface area contributed by atoms with Crippen molar-refractivity contribution in [3.8, 4) is 0 Å². The van der Waals surface area contributed by atoms with E-state index in [9.17, 15) is 13.2 Å². The van der Waals surface area contributed by atoms with Gasteiger partial charge in [0.05, 0.1) is 0 Å². The number of carbonyl (C=O) groups is 1. The van der Waals surface area contributed by atoms with Crippen molar-refractivity contribution < 1.29 is 13.2 Å². The van der Waals surface area contributed by atoms with Crippen LogP contribution in [0.4, 0.5) is 4.79 Å². The number of piperidine rings is 1. The molecule has 2 rings (SSSR count). The maximum Gasteiger partial charge on any atom is 0.336 e. The molecule has 0 bridgehead atoms. The average molecular weight is 364 g/mol. The van der Waals surface area contributed by atoms with Gasteiger partial charge in [-0.05, 0) is 31.8 Å². The summed E-state index contributed by atoms with van der Waals surface area (Å²) in [4.78, 5) is 11.6. The normalized spacial score (nSPS) is 22.2. The monoisotopic (exact) mass is 364 g/mol. The van der Waals surface area contributed by atoms with E-state index in [1.807, 2.05) is 0 Å². The van der Waals surface area contributed by atoms with Crippen molar-refractivity contribution in [2.45, 2.75) is 12.8 Å². The summed E-state index contributed by atoms with van der Waals surface area (Å²) in [5.74, 6) is 0.609. The summed E-state index contributed by atoms with van der Waals surface area (Å²) in [6, 6.07) is -0.352. The van der Waals surface area contributed by atoms with Gasteiger partial charge in [0.2, 0.25) is 4.38 Å². The van der Waals surface area contributed by atoms with Crippen LogP contribution in [0.5, 0.6) is 0 Å². The number of carbonyl (C=O) groups excluding carboxylic acids is 1. The SMILES string of the molecule is CNC(=O)N(C)N1CSC(S(=O)(=O)N(C)CC2CCCNC2)=N1. The lowest BCUT2D eigenvalue weighted by molar-refractivity contribution is 0.0631. The van der Waals surface area contributed by atoms with Crippen LogP contribution in [0, 0.1) is 5.92 Å². The molecule has 0 saturated carbocycles. The number of urea groups is 1. The van der Waals surface area contributed by atoms with Crippen molar-refractivity contribution in [1.82, 2.24) is 25.1 Å². The molecule has 1 unspecified atom stereocenters. The van der Waals surface area contributed by atoms with E-state index < -0.39 is 10.0 Å². The second-order valence-electron chi connectivity index (χ2n) is 5.59. The van der Waals surface area contributed by atoms with Crippen molar-refractivity contribution in [2.24, 2.45) is 11.0 Å². The predicted molar refractivity (Wildman–Crippen MR) is 91.1 cm³/mol. The first-order valence-electron chi connectivity index (χ1n) is 7.47. The Labute approximate surface area is 141 Å². The van der Waals surface area contributed by atoms with Crippen LogP contribution in [0.3, 0.4) is 0 Å². The molecule has 2 aliphatic rings. The van der Waals surface area contributed by atoms with Gasteiger partial charge >= 0.3 is 6.03 Å². The smallest absolute Gasteiger partial charge is 0.336 e. The number of nitrogens with one attached hydrogen (secondary N) is 2. The Bertz CT molecular complexity index is 561. The Hall–Kier alpha value is -1.04. The van der Waals surface area contributed by atoms with Crippen molar-refractivity contribution in [1.29, 1.82) is 0 Å². The third-order valence-corrected chi connectivity index (χ3v) is 7.07. The van der Waals surface area contributed by atoms with E-state index in [0.29, 0.717) is 12.5 Å². The number of nitrogens with zero attached hydrogens (tertiary/aromatic N) is 4. The molecule has 1 atom stereocenters. The van der Waals surface area contributed by atoms with Gasteiger partial charge < -0.3 is 10.6 Å². The molecule has 1 fully saturated rings. The highest BCUT2D eigenvalue weighted by Gasteiger charge is 2.34. The second-order valence-corrected chi connectivity index (χ2v) is 8.74. The van der Waals surface area contributed by atoms with E-state index >= 15 is 0 Å². The Kier molecular flexibility index (Phi) is 6.12. The van der Waals surface area contributed by atoms with Crippen LogP contribution in [0.15, 0.2) is 5.10 Å². The first-order chi connectivity index (χ1) is 10.9. The van der Waals surface area contributed by atoms with E-state index in [-0.39, 0.29) is 16.3 Å². The van der Waals surface area contributed by atoms with E-state index in [0.717, 1.165) is 37.7 Å². The molecule has 23 heavy (non-hydrogen) atoms. The molecule has 0 radical (unpaired) electrons. The number of sulfonamides is 1. The van der Waals surface area contributed by atoms with Crippen LogP contribution in [0.25, 0.3) is 0 Å². The summed E-state index contributed by atoms with van der Waals surface area (Å²) < 4.78 is 26.6. The van der Waals surface area contributed by atoms with Gasteiger partial charge in [-0.1, -0.05) is 11.8 Å². The third-order valence-electron chi connectivity index (χ3n) is 3.90. The van der Waals surface area contributed by atoms with Crippen molar-refractivity contribution in [3.63, 3.8) is 0 Å². The number of hydrogen-bond donors (Lipinski definition) is 2. The molecule has 0 aromatic rings. The molecule has 2 N–H and O–H groups in total. The standard InChI is InChI=1S/C12H24N6O3S2/c1-13-11(19)17(3)18-9-22-12(15-18)23(20,21)16(2)8-10-5-4-6-14-7-10/h10,14H,4-9H2,1-3H3,(H,13,19). The minimum Gasteiger partial charge on any atom is -0.340 e. The van der Waals surface area contributed by atoms with Gasteiger partial charge in [-0.3, -0.25) is 0 Å². The summed E-state index contributed by atoms with van der Waals surface area (Å²) in [6.07, 6.45) is 2.09. The molecule has 2 aliphatic heterocycles. The minimum atomic E-state index is -3.62. The molecule has 132 valence electrons. The zero-order valence-corrected chi connectivity index (χ0v) is 15.3. The maximum absolute atomic E-state index is 12.6. The highest BCUT2D eigenvalue weighted by molar-refractivity contribution is 8.34. The molecular weight excluding hydrogens is 340 g/mol. The van der Waals surface area contributed by atoms with Gasteiger partial charge in [0, 0.05) is 27.7 Å². The lowest BCUT2D eigenvalue weighted by Gasteiger charge is -2.27. The lowest BCUT2D eigenvalue weighted by atomic mass is 10.00. The van der Waals surface area contributed by atoms with Gasteiger partial charge in [0.15, 0.2) is 0 Å². The van der Waals surface area contributed by atoms with Crippen molar-refractivity contribution in [2.75, 3.05) is 46.7 Å². The molecule has 0 spiro atoms.